The van der Waals surface area contributed by atoms with E-state index in [0.717, 1.165) is 12.0 Å². The Hall–Kier alpha value is -2.34. The van der Waals surface area contributed by atoms with E-state index in [4.69, 9.17) is 0 Å². The molecule has 0 spiro atoms. The zero-order valence-corrected chi connectivity index (χ0v) is 14.8. The molecule has 0 aliphatic rings. The van der Waals surface area contributed by atoms with Crippen LogP contribution in [0.15, 0.2) is 41.8 Å². The highest BCUT2D eigenvalue weighted by Gasteiger charge is 2.06. The van der Waals surface area contributed by atoms with Gasteiger partial charge >= 0.3 is 6.03 Å². The minimum Gasteiger partial charge on any atom is -0.352 e. The first-order valence-electron chi connectivity index (χ1n) is 7.98. The fourth-order valence-corrected chi connectivity index (χ4v) is 2.83. The number of thiophene rings is 1. The van der Waals surface area contributed by atoms with Crippen LogP contribution in [-0.2, 0) is 13.0 Å². The van der Waals surface area contributed by atoms with Gasteiger partial charge < -0.3 is 16.0 Å². The quantitative estimate of drug-likeness (QED) is 0.722. The van der Waals surface area contributed by atoms with Crippen LogP contribution in [0.3, 0.4) is 0 Å². The van der Waals surface area contributed by atoms with Crippen LogP contribution < -0.4 is 16.0 Å². The molecule has 0 unspecified atom stereocenters. The van der Waals surface area contributed by atoms with Gasteiger partial charge in [-0.05, 0) is 49.4 Å². The number of rotatable bonds is 7. The summed E-state index contributed by atoms with van der Waals surface area (Å²) in [6.07, 6.45) is 0.844. The summed E-state index contributed by atoms with van der Waals surface area (Å²) in [4.78, 5) is 24.9. The third-order valence-electron chi connectivity index (χ3n) is 3.33. The van der Waals surface area contributed by atoms with E-state index >= 15 is 0 Å². The molecule has 0 aliphatic heterocycles. The zero-order chi connectivity index (χ0) is 17.4. The fourth-order valence-electron chi connectivity index (χ4n) is 2.13. The summed E-state index contributed by atoms with van der Waals surface area (Å²) in [6, 6.07) is 11.2. The molecule has 0 bridgehead atoms. The number of urea groups is 1. The number of amides is 3. The van der Waals surface area contributed by atoms with Gasteiger partial charge in [-0.25, -0.2) is 4.79 Å². The van der Waals surface area contributed by atoms with E-state index in [9.17, 15) is 9.59 Å². The maximum atomic E-state index is 12.1. The molecule has 0 aliphatic carbocycles. The Morgan fingerprint density at radius 1 is 1.08 bits per heavy atom. The van der Waals surface area contributed by atoms with Gasteiger partial charge in [-0.15, -0.1) is 11.3 Å². The standard InChI is InChI=1S/C18H23N3O2S/c1-13(2)21-18(23)20-12-14-5-7-15(8-6-14)17(22)19-10-9-16-4-3-11-24-16/h3-8,11,13H,9-10,12H2,1-2H3,(H,19,22)(H2,20,21,23). The zero-order valence-electron chi connectivity index (χ0n) is 14.0. The largest absolute Gasteiger partial charge is 0.352 e. The van der Waals surface area contributed by atoms with Crippen molar-refractivity contribution in [1.29, 1.82) is 0 Å². The molecule has 1 aromatic carbocycles. The highest BCUT2D eigenvalue weighted by Crippen LogP contribution is 2.08. The molecule has 128 valence electrons. The third-order valence-corrected chi connectivity index (χ3v) is 4.26. The molecule has 2 aromatic rings. The van der Waals surface area contributed by atoms with Crippen LogP contribution in [0.5, 0.6) is 0 Å². The Balaban J connectivity index is 1.76. The van der Waals surface area contributed by atoms with Crippen molar-refractivity contribution in [2.75, 3.05) is 6.54 Å². The van der Waals surface area contributed by atoms with Crippen LogP contribution in [0.1, 0.15) is 34.6 Å². The highest BCUT2D eigenvalue weighted by atomic mass is 32.1. The number of carbonyl (C=O) groups is 2. The summed E-state index contributed by atoms with van der Waals surface area (Å²) < 4.78 is 0. The van der Waals surface area contributed by atoms with Gasteiger partial charge in [-0.3, -0.25) is 4.79 Å². The first kappa shape index (κ1) is 18.0. The number of hydrogen-bond donors (Lipinski definition) is 3. The van der Waals surface area contributed by atoms with E-state index in [1.165, 1.54) is 4.88 Å². The molecule has 0 radical (unpaired) electrons. The second-order valence-electron chi connectivity index (χ2n) is 5.76. The summed E-state index contributed by atoms with van der Waals surface area (Å²) in [5, 5.41) is 10.5. The normalized spacial score (nSPS) is 10.5. The molecule has 1 aromatic heterocycles. The van der Waals surface area contributed by atoms with Crippen molar-refractivity contribution >= 4 is 23.3 Å². The van der Waals surface area contributed by atoms with Crippen LogP contribution in [0, 0.1) is 0 Å². The molecular formula is C18H23N3O2S. The van der Waals surface area contributed by atoms with E-state index in [-0.39, 0.29) is 18.0 Å². The molecule has 24 heavy (non-hydrogen) atoms. The van der Waals surface area contributed by atoms with Crippen LogP contribution in [0.25, 0.3) is 0 Å². The number of nitrogens with one attached hydrogen (secondary N) is 3. The molecule has 5 nitrogen and oxygen atoms in total. The highest BCUT2D eigenvalue weighted by molar-refractivity contribution is 7.09. The Morgan fingerprint density at radius 3 is 2.46 bits per heavy atom. The van der Waals surface area contributed by atoms with Crippen LogP contribution in [-0.4, -0.2) is 24.5 Å². The Labute approximate surface area is 146 Å². The first-order chi connectivity index (χ1) is 11.5. The lowest BCUT2D eigenvalue weighted by atomic mass is 10.1. The lowest BCUT2D eigenvalue weighted by Gasteiger charge is -2.10. The summed E-state index contributed by atoms with van der Waals surface area (Å²) >= 11 is 1.69. The van der Waals surface area contributed by atoms with Gasteiger partial charge in [0.1, 0.15) is 0 Å². The van der Waals surface area contributed by atoms with E-state index in [0.29, 0.717) is 18.7 Å². The number of carbonyl (C=O) groups excluding carboxylic acids is 2. The van der Waals surface area contributed by atoms with Gasteiger partial charge in [-0.2, -0.15) is 0 Å². The lowest BCUT2D eigenvalue weighted by Crippen LogP contribution is -2.39. The second-order valence-corrected chi connectivity index (χ2v) is 6.80. The smallest absolute Gasteiger partial charge is 0.315 e. The van der Waals surface area contributed by atoms with E-state index in [1.807, 2.05) is 37.4 Å². The van der Waals surface area contributed by atoms with E-state index in [2.05, 4.69) is 22.0 Å². The van der Waals surface area contributed by atoms with Gasteiger partial charge in [0.05, 0.1) is 0 Å². The molecule has 0 saturated carbocycles. The fraction of sp³-hybridized carbons (Fsp3) is 0.333. The summed E-state index contributed by atoms with van der Waals surface area (Å²) in [5.41, 5.74) is 1.57. The van der Waals surface area contributed by atoms with Crippen molar-refractivity contribution in [3.05, 3.63) is 57.8 Å². The Kier molecular flexibility index (Phi) is 6.81. The van der Waals surface area contributed by atoms with Gasteiger partial charge in [0.2, 0.25) is 0 Å². The number of benzene rings is 1. The molecule has 0 fully saturated rings. The summed E-state index contributed by atoms with van der Waals surface area (Å²) in [6.45, 7) is 4.87. The Bertz CT molecular complexity index is 651. The maximum Gasteiger partial charge on any atom is 0.315 e. The van der Waals surface area contributed by atoms with Gasteiger partial charge in [0, 0.05) is 29.6 Å². The van der Waals surface area contributed by atoms with E-state index < -0.39 is 0 Å². The molecule has 0 saturated heterocycles. The first-order valence-corrected chi connectivity index (χ1v) is 8.86. The van der Waals surface area contributed by atoms with Gasteiger partial charge in [0.25, 0.3) is 5.91 Å². The van der Waals surface area contributed by atoms with Crippen molar-refractivity contribution in [2.45, 2.75) is 32.9 Å². The average molecular weight is 345 g/mol. The predicted molar refractivity (Wildman–Crippen MR) is 97.3 cm³/mol. The summed E-state index contributed by atoms with van der Waals surface area (Å²) in [5.74, 6) is -0.0800. The molecular weight excluding hydrogens is 322 g/mol. The molecule has 1 heterocycles. The van der Waals surface area contributed by atoms with Crippen molar-refractivity contribution < 1.29 is 9.59 Å². The minimum atomic E-state index is -0.194. The molecule has 3 amide bonds. The third kappa shape index (κ3) is 6.04. The summed E-state index contributed by atoms with van der Waals surface area (Å²) in [7, 11) is 0. The Morgan fingerprint density at radius 2 is 1.83 bits per heavy atom. The topological polar surface area (TPSA) is 70.2 Å². The maximum absolute atomic E-state index is 12.1. The van der Waals surface area contributed by atoms with Gasteiger partial charge in [0.15, 0.2) is 0 Å². The van der Waals surface area contributed by atoms with Crippen LogP contribution in [0.2, 0.25) is 0 Å². The average Bonchev–Trinajstić information content (AvgIpc) is 3.06. The molecule has 6 heteroatoms. The monoisotopic (exact) mass is 345 g/mol. The number of hydrogen-bond acceptors (Lipinski definition) is 3. The molecule has 3 N–H and O–H groups in total. The second kappa shape index (κ2) is 9.08. The van der Waals surface area contributed by atoms with Crippen molar-refractivity contribution in [3.8, 4) is 0 Å². The van der Waals surface area contributed by atoms with Crippen LogP contribution in [0.4, 0.5) is 4.79 Å². The van der Waals surface area contributed by atoms with Gasteiger partial charge in [-0.1, -0.05) is 18.2 Å². The molecule has 2 rings (SSSR count). The van der Waals surface area contributed by atoms with Crippen molar-refractivity contribution in [2.24, 2.45) is 0 Å². The molecule has 0 atom stereocenters. The minimum absolute atomic E-state index is 0.0800. The SMILES string of the molecule is CC(C)NC(=O)NCc1ccc(C(=O)NCCc2cccs2)cc1. The lowest BCUT2D eigenvalue weighted by molar-refractivity contribution is 0.0954. The van der Waals surface area contributed by atoms with E-state index in [1.54, 1.807) is 23.5 Å². The van der Waals surface area contributed by atoms with Crippen LogP contribution >= 0.6 is 11.3 Å². The van der Waals surface area contributed by atoms with Crippen molar-refractivity contribution in [3.63, 3.8) is 0 Å². The van der Waals surface area contributed by atoms with Crippen molar-refractivity contribution in [1.82, 2.24) is 16.0 Å². The predicted octanol–water partition coefficient (Wildman–Crippen LogP) is 2.93.